The van der Waals surface area contributed by atoms with Gasteiger partial charge in [0.1, 0.15) is 0 Å². The van der Waals surface area contributed by atoms with E-state index in [9.17, 15) is 4.79 Å². The number of carboxylic acid groups (broad SMARTS) is 1. The first kappa shape index (κ1) is 16.5. The second kappa shape index (κ2) is 8.54. The molecule has 4 nitrogen and oxygen atoms in total. The van der Waals surface area contributed by atoms with Crippen LogP contribution >= 0.6 is 0 Å². The second-order valence-electron chi connectivity index (χ2n) is 6.23. The molecule has 2 aliphatic heterocycles. The lowest BCUT2D eigenvalue weighted by molar-refractivity contribution is -0.131. The van der Waals surface area contributed by atoms with E-state index in [0.29, 0.717) is 24.0 Å². The van der Waals surface area contributed by atoms with Gasteiger partial charge in [-0.05, 0) is 31.6 Å². The van der Waals surface area contributed by atoms with Crippen molar-refractivity contribution >= 4 is 5.97 Å². The summed E-state index contributed by atoms with van der Waals surface area (Å²) in [6.45, 7) is 3.81. The minimum atomic E-state index is -0.872. The van der Waals surface area contributed by atoms with Gasteiger partial charge in [0.2, 0.25) is 0 Å². The molecular formula is C17H28O4. The summed E-state index contributed by atoms with van der Waals surface area (Å²) < 4.78 is 11.8. The SMILES string of the molecule is CCCCCCOCC1C2CCC(O2)C1C/C=C/C(=O)O. The fourth-order valence-electron chi connectivity index (χ4n) is 3.60. The lowest BCUT2D eigenvalue weighted by Crippen LogP contribution is -2.30. The number of allylic oxidation sites excluding steroid dienone is 1. The largest absolute Gasteiger partial charge is 0.478 e. The van der Waals surface area contributed by atoms with Crippen LogP contribution < -0.4 is 0 Å². The van der Waals surface area contributed by atoms with E-state index in [4.69, 9.17) is 14.6 Å². The molecule has 0 radical (unpaired) electrons. The molecule has 2 saturated heterocycles. The van der Waals surface area contributed by atoms with Crippen LogP contribution in [0.1, 0.15) is 51.9 Å². The zero-order valence-electron chi connectivity index (χ0n) is 13.0. The molecule has 4 heteroatoms. The van der Waals surface area contributed by atoms with Crippen molar-refractivity contribution in [3.8, 4) is 0 Å². The number of carboxylic acids is 1. The van der Waals surface area contributed by atoms with Crippen LogP contribution in [0.5, 0.6) is 0 Å². The van der Waals surface area contributed by atoms with Gasteiger partial charge in [-0.3, -0.25) is 0 Å². The van der Waals surface area contributed by atoms with Crippen LogP contribution in [-0.4, -0.2) is 36.5 Å². The van der Waals surface area contributed by atoms with Gasteiger partial charge >= 0.3 is 5.97 Å². The van der Waals surface area contributed by atoms with Gasteiger partial charge in [0, 0.05) is 18.6 Å². The normalized spacial score (nSPS) is 31.3. The number of hydrogen-bond acceptors (Lipinski definition) is 3. The maximum absolute atomic E-state index is 10.6. The summed E-state index contributed by atoms with van der Waals surface area (Å²) in [5.74, 6) is -0.00818. The van der Waals surface area contributed by atoms with E-state index in [1.165, 1.54) is 25.3 Å². The average molecular weight is 296 g/mol. The highest BCUT2D eigenvalue weighted by atomic mass is 16.5. The monoisotopic (exact) mass is 296 g/mol. The third-order valence-electron chi connectivity index (χ3n) is 4.71. The standard InChI is InChI=1S/C17H28O4/c1-2-3-4-5-11-20-12-14-13(7-6-8-17(18)19)15-9-10-16(14)21-15/h6,8,13-16H,2-5,7,9-12H2,1H3,(H,18,19)/b8-6+. The molecule has 0 spiro atoms. The Kier molecular flexibility index (Phi) is 6.71. The van der Waals surface area contributed by atoms with E-state index in [0.717, 1.165) is 38.9 Å². The molecule has 0 aromatic heterocycles. The zero-order chi connectivity index (χ0) is 15.1. The molecular weight excluding hydrogens is 268 g/mol. The Morgan fingerprint density at radius 2 is 2.00 bits per heavy atom. The summed E-state index contributed by atoms with van der Waals surface area (Å²) in [6, 6.07) is 0. The molecule has 4 atom stereocenters. The lowest BCUT2D eigenvalue weighted by Gasteiger charge is -2.27. The predicted octanol–water partition coefficient (Wildman–Crippen LogP) is 3.41. The molecule has 21 heavy (non-hydrogen) atoms. The maximum Gasteiger partial charge on any atom is 0.327 e. The number of fused-ring (bicyclic) bond motifs is 2. The maximum atomic E-state index is 10.6. The van der Waals surface area contributed by atoms with Crippen LogP contribution in [-0.2, 0) is 14.3 Å². The van der Waals surface area contributed by atoms with Crippen molar-refractivity contribution in [2.24, 2.45) is 11.8 Å². The fraction of sp³-hybridized carbons (Fsp3) is 0.824. The first-order chi connectivity index (χ1) is 10.2. The van der Waals surface area contributed by atoms with E-state index < -0.39 is 5.97 Å². The molecule has 2 heterocycles. The predicted molar refractivity (Wildman–Crippen MR) is 81.2 cm³/mol. The number of rotatable bonds is 10. The van der Waals surface area contributed by atoms with Crippen molar-refractivity contribution in [2.45, 2.75) is 64.1 Å². The van der Waals surface area contributed by atoms with Crippen LogP contribution in [0.4, 0.5) is 0 Å². The highest BCUT2D eigenvalue weighted by molar-refractivity contribution is 5.79. The molecule has 0 aromatic rings. The molecule has 0 aliphatic carbocycles. The average Bonchev–Trinajstić information content (AvgIpc) is 3.04. The topological polar surface area (TPSA) is 55.8 Å². The highest BCUT2D eigenvalue weighted by Gasteiger charge is 2.48. The Hall–Kier alpha value is -0.870. The quantitative estimate of drug-likeness (QED) is 0.496. The minimum Gasteiger partial charge on any atom is -0.478 e. The fourth-order valence-corrected chi connectivity index (χ4v) is 3.60. The number of aliphatic carboxylic acids is 1. The summed E-state index contributed by atoms with van der Waals surface area (Å²) in [6.07, 6.45) is 11.6. The van der Waals surface area contributed by atoms with Gasteiger partial charge in [-0.15, -0.1) is 0 Å². The van der Waals surface area contributed by atoms with Gasteiger partial charge < -0.3 is 14.6 Å². The Labute approximate surface area is 127 Å². The van der Waals surface area contributed by atoms with Gasteiger partial charge in [0.15, 0.2) is 0 Å². The Balaban J connectivity index is 1.72. The summed E-state index contributed by atoms with van der Waals surface area (Å²) in [5, 5.41) is 8.69. The van der Waals surface area contributed by atoms with Gasteiger partial charge in [-0.25, -0.2) is 4.79 Å². The lowest BCUT2D eigenvalue weighted by atomic mass is 9.78. The van der Waals surface area contributed by atoms with Crippen molar-refractivity contribution in [2.75, 3.05) is 13.2 Å². The summed E-state index contributed by atoms with van der Waals surface area (Å²) in [4.78, 5) is 10.6. The van der Waals surface area contributed by atoms with Crippen molar-refractivity contribution in [3.05, 3.63) is 12.2 Å². The van der Waals surface area contributed by atoms with Crippen LogP contribution in [0.15, 0.2) is 12.2 Å². The Morgan fingerprint density at radius 3 is 2.71 bits per heavy atom. The number of unbranched alkanes of at least 4 members (excludes halogenated alkanes) is 3. The van der Waals surface area contributed by atoms with E-state index in [2.05, 4.69) is 6.92 Å². The molecule has 120 valence electrons. The van der Waals surface area contributed by atoms with Crippen LogP contribution in [0, 0.1) is 11.8 Å². The summed E-state index contributed by atoms with van der Waals surface area (Å²) in [5.41, 5.74) is 0. The molecule has 0 aromatic carbocycles. The Bertz CT molecular complexity index is 353. The van der Waals surface area contributed by atoms with Gasteiger partial charge in [-0.2, -0.15) is 0 Å². The number of carbonyl (C=O) groups is 1. The van der Waals surface area contributed by atoms with Gasteiger partial charge in [0.25, 0.3) is 0 Å². The van der Waals surface area contributed by atoms with E-state index in [-0.39, 0.29) is 0 Å². The number of hydrogen-bond donors (Lipinski definition) is 1. The third-order valence-corrected chi connectivity index (χ3v) is 4.71. The molecule has 2 bridgehead atoms. The van der Waals surface area contributed by atoms with E-state index in [1.54, 1.807) is 6.08 Å². The van der Waals surface area contributed by atoms with Gasteiger partial charge in [0.05, 0.1) is 18.8 Å². The third kappa shape index (κ3) is 4.82. The minimum absolute atomic E-state index is 0.308. The van der Waals surface area contributed by atoms with E-state index in [1.807, 2.05) is 0 Å². The first-order valence-corrected chi connectivity index (χ1v) is 8.35. The van der Waals surface area contributed by atoms with Crippen molar-refractivity contribution in [1.29, 1.82) is 0 Å². The molecule has 0 amide bonds. The van der Waals surface area contributed by atoms with Crippen molar-refractivity contribution in [3.63, 3.8) is 0 Å². The molecule has 0 saturated carbocycles. The number of ether oxygens (including phenoxy) is 2. The first-order valence-electron chi connectivity index (χ1n) is 8.35. The zero-order valence-corrected chi connectivity index (χ0v) is 13.0. The summed E-state index contributed by atoms with van der Waals surface area (Å²) >= 11 is 0. The van der Waals surface area contributed by atoms with Crippen molar-refractivity contribution in [1.82, 2.24) is 0 Å². The smallest absolute Gasteiger partial charge is 0.327 e. The molecule has 1 N–H and O–H groups in total. The molecule has 2 rings (SSSR count). The van der Waals surface area contributed by atoms with Crippen LogP contribution in [0.2, 0.25) is 0 Å². The second-order valence-corrected chi connectivity index (χ2v) is 6.23. The van der Waals surface area contributed by atoms with Gasteiger partial charge in [-0.1, -0.05) is 32.3 Å². The highest BCUT2D eigenvalue weighted by Crippen LogP contribution is 2.45. The van der Waals surface area contributed by atoms with Crippen molar-refractivity contribution < 1.29 is 19.4 Å². The molecule has 2 aliphatic rings. The van der Waals surface area contributed by atoms with Crippen LogP contribution in [0.25, 0.3) is 0 Å². The van der Waals surface area contributed by atoms with E-state index >= 15 is 0 Å². The molecule has 4 unspecified atom stereocenters. The Morgan fingerprint density at radius 1 is 1.24 bits per heavy atom. The summed E-state index contributed by atoms with van der Waals surface area (Å²) in [7, 11) is 0. The van der Waals surface area contributed by atoms with Crippen LogP contribution in [0.3, 0.4) is 0 Å². The molecule has 2 fully saturated rings.